The number of benzene rings is 1. The highest BCUT2D eigenvalue weighted by molar-refractivity contribution is 7.18. The van der Waals surface area contributed by atoms with Gasteiger partial charge in [-0.05, 0) is 75.5 Å². The lowest BCUT2D eigenvalue weighted by atomic mass is 10.0. The number of methoxy groups -OCH3 is 1. The van der Waals surface area contributed by atoms with Crippen LogP contribution in [-0.4, -0.2) is 41.7 Å². The summed E-state index contributed by atoms with van der Waals surface area (Å²) in [6, 6.07) is 8.34. The molecule has 0 spiro atoms. The first-order chi connectivity index (χ1) is 14.1. The Morgan fingerprint density at radius 1 is 1.17 bits per heavy atom. The molecular weight excluding hydrogens is 382 g/mol. The van der Waals surface area contributed by atoms with Crippen LogP contribution in [0.1, 0.15) is 47.1 Å². The quantitative estimate of drug-likeness (QED) is 0.657. The van der Waals surface area contributed by atoms with Gasteiger partial charge in [-0.2, -0.15) is 0 Å². The van der Waals surface area contributed by atoms with Crippen LogP contribution in [0.3, 0.4) is 0 Å². The summed E-state index contributed by atoms with van der Waals surface area (Å²) in [5.74, 6) is 1.75. The Bertz CT molecular complexity index is 1090. The summed E-state index contributed by atoms with van der Waals surface area (Å²) in [6.07, 6.45) is 5.97. The van der Waals surface area contributed by atoms with Crippen LogP contribution in [0.2, 0.25) is 0 Å². The Morgan fingerprint density at radius 2 is 1.93 bits per heavy atom. The Hall–Kier alpha value is -2.18. The highest BCUT2D eigenvalue weighted by Gasteiger charge is 2.27. The lowest BCUT2D eigenvalue weighted by Gasteiger charge is -2.31. The van der Waals surface area contributed by atoms with Gasteiger partial charge in [0, 0.05) is 17.3 Å². The Labute approximate surface area is 174 Å². The van der Waals surface area contributed by atoms with E-state index in [0.717, 1.165) is 66.1 Å². The SMILES string of the molecule is COc1ccc(Cc2nc3sc4c(c3c(=O)n2C2CCN(C)CC2)CCC4)cc1. The van der Waals surface area contributed by atoms with E-state index in [9.17, 15) is 4.79 Å². The molecule has 3 aromatic rings. The van der Waals surface area contributed by atoms with Crippen molar-refractivity contribution in [3.05, 3.63) is 56.4 Å². The zero-order chi connectivity index (χ0) is 20.0. The second-order valence-electron chi connectivity index (χ2n) is 8.30. The van der Waals surface area contributed by atoms with Crippen molar-refractivity contribution in [2.75, 3.05) is 27.2 Å². The highest BCUT2D eigenvalue weighted by atomic mass is 32.1. The molecule has 0 radical (unpaired) electrons. The first kappa shape index (κ1) is 18.8. The van der Waals surface area contributed by atoms with E-state index < -0.39 is 0 Å². The maximum Gasteiger partial charge on any atom is 0.262 e. The summed E-state index contributed by atoms with van der Waals surface area (Å²) in [5.41, 5.74) is 2.62. The molecule has 2 aromatic heterocycles. The average molecular weight is 410 g/mol. The fraction of sp³-hybridized carbons (Fsp3) is 0.478. The van der Waals surface area contributed by atoms with Gasteiger partial charge >= 0.3 is 0 Å². The van der Waals surface area contributed by atoms with Crippen LogP contribution in [0, 0.1) is 0 Å². The minimum atomic E-state index is 0.187. The van der Waals surface area contributed by atoms with Crippen LogP contribution < -0.4 is 10.3 Å². The van der Waals surface area contributed by atoms with Crippen LogP contribution >= 0.6 is 11.3 Å². The third-order valence-electron chi connectivity index (χ3n) is 6.42. The molecular formula is C23H27N3O2S. The van der Waals surface area contributed by atoms with E-state index in [1.165, 1.54) is 16.9 Å². The zero-order valence-corrected chi connectivity index (χ0v) is 17.9. The van der Waals surface area contributed by atoms with Crippen molar-refractivity contribution in [3.8, 4) is 5.75 Å². The fourth-order valence-electron chi connectivity index (χ4n) is 4.78. The number of aryl methyl sites for hydroxylation is 2. The molecule has 1 saturated heterocycles. The largest absolute Gasteiger partial charge is 0.497 e. The minimum Gasteiger partial charge on any atom is -0.497 e. The predicted molar refractivity (Wildman–Crippen MR) is 117 cm³/mol. The third-order valence-corrected chi connectivity index (χ3v) is 7.60. The number of rotatable bonds is 4. The second kappa shape index (κ2) is 7.58. The molecule has 1 aliphatic heterocycles. The number of ether oxygens (including phenoxy) is 1. The van der Waals surface area contributed by atoms with Crippen molar-refractivity contribution in [3.63, 3.8) is 0 Å². The molecule has 0 amide bonds. The summed E-state index contributed by atoms with van der Waals surface area (Å²) in [7, 11) is 3.84. The molecule has 0 bridgehead atoms. The molecule has 5 rings (SSSR count). The highest BCUT2D eigenvalue weighted by Crippen LogP contribution is 2.36. The van der Waals surface area contributed by atoms with E-state index in [2.05, 4.69) is 24.1 Å². The first-order valence-corrected chi connectivity index (χ1v) is 11.3. The first-order valence-electron chi connectivity index (χ1n) is 10.5. The number of hydrogen-bond acceptors (Lipinski definition) is 5. The van der Waals surface area contributed by atoms with E-state index >= 15 is 0 Å². The monoisotopic (exact) mass is 409 g/mol. The molecule has 1 aromatic carbocycles. The van der Waals surface area contributed by atoms with Gasteiger partial charge in [-0.1, -0.05) is 12.1 Å². The molecule has 152 valence electrons. The van der Waals surface area contributed by atoms with E-state index in [1.807, 2.05) is 16.7 Å². The number of thiophene rings is 1. The molecule has 1 aliphatic carbocycles. The zero-order valence-electron chi connectivity index (χ0n) is 17.1. The van der Waals surface area contributed by atoms with Crippen LogP contribution in [0.25, 0.3) is 10.2 Å². The van der Waals surface area contributed by atoms with E-state index in [0.29, 0.717) is 6.42 Å². The van der Waals surface area contributed by atoms with Crippen molar-refractivity contribution in [1.82, 2.24) is 14.5 Å². The molecule has 1 fully saturated rings. The summed E-state index contributed by atoms with van der Waals surface area (Å²) in [5, 5.41) is 0.903. The van der Waals surface area contributed by atoms with Gasteiger partial charge in [-0.15, -0.1) is 11.3 Å². The van der Waals surface area contributed by atoms with E-state index in [-0.39, 0.29) is 11.6 Å². The smallest absolute Gasteiger partial charge is 0.262 e. The predicted octanol–water partition coefficient (Wildman–Crippen LogP) is 3.81. The number of aromatic nitrogens is 2. The standard InChI is InChI=1S/C23H27N3O2S/c1-25-12-10-16(11-13-25)26-20(14-15-6-8-17(28-2)9-7-15)24-22-21(23(26)27)18-4-3-5-19(18)29-22/h6-9,16H,3-5,10-14H2,1-2H3. The molecule has 6 heteroatoms. The van der Waals surface area contributed by atoms with Crippen molar-refractivity contribution in [2.24, 2.45) is 0 Å². The van der Waals surface area contributed by atoms with Crippen molar-refractivity contribution < 1.29 is 4.74 Å². The fourth-order valence-corrected chi connectivity index (χ4v) is 6.05. The summed E-state index contributed by atoms with van der Waals surface area (Å²) < 4.78 is 7.33. The molecule has 0 atom stereocenters. The molecule has 5 nitrogen and oxygen atoms in total. The summed E-state index contributed by atoms with van der Waals surface area (Å²) >= 11 is 1.73. The maximum atomic E-state index is 13.7. The molecule has 0 saturated carbocycles. The van der Waals surface area contributed by atoms with Crippen LogP contribution in [0.15, 0.2) is 29.1 Å². The normalized spacial score (nSPS) is 17.7. The molecule has 29 heavy (non-hydrogen) atoms. The molecule has 3 heterocycles. The maximum absolute atomic E-state index is 13.7. The van der Waals surface area contributed by atoms with Crippen molar-refractivity contribution in [1.29, 1.82) is 0 Å². The van der Waals surface area contributed by atoms with Crippen LogP contribution in [0.4, 0.5) is 0 Å². The number of piperidine rings is 1. The topological polar surface area (TPSA) is 47.4 Å². The average Bonchev–Trinajstić information content (AvgIpc) is 3.31. The van der Waals surface area contributed by atoms with E-state index in [1.54, 1.807) is 18.4 Å². The Balaban J connectivity index is 1.62. The Morgan fingerprint density at radius 3 is 2.66 bits per heavy atom. The molecule has 2 aliphatic rings. The second-order valence-corrected chi connectivity index (χ2v) is 9.38. The van der Waals surface area contributed by atoms with Gasteiger partial charge in [-0.25, -0.2) is 4.98 Å². The van der Waals surface area contributed by atoms with Gasteiger partial charge < -0.3 is 9.64 Å². The van der Waals surface area contributed by atoms with Gasteiger partial charge in [0.15, 0.2) is 0 Å². The number of likely N-dealkylation sites (tertiary alicyclic amines) is 1. The van der Waals surface area contributed by atoms with Crippen molar-refractivity contribution >= 4 is 21.6 Å². The van der Waals surface area contributed by atoms with Gasteiger partial charge in [0.1, 0.15) is 16.4 Å². The summed E-state index contributed by atoms with van der Waals surface area (Å²) in [4.78, 5) is 23.5. The van der Waals surface area contributed by atoms with Gasteiger partial charge in [0.25, 0.3) is 5.56 Å². The minimum absolute atomic E-state index is 0.187. The number of hydrogen-bond donors (Lipinski definition) is 0. The lowest BCUT2D eigenvalue weighted by molar-refractivity contribution is 0.216. The molecule has 0 N–H and O–H groups in total. The number of fused-ring (bicyclic) bond motifs is 3. The summed E-state index contributed by atoms with van der Waals surface area (Å²) in [6.45, 7) is 2.05. The number of nitrogens with zero attached hydrogens (tertiary/aromatic N) is 3. The van der Waals surface area contributed by atoms with Gasteiger partial charge in [0.2, 0.25) is 0 Å². The third kappa shape index (κ3) is 3.38. The lowest BCUT2D eigenvalue weighted by Crippen LogP contribution is -2.37. The Kier molecular flexibility index (Phi) is 4.92. The van der Waals surface area contributed by atoms with Crippen molar-refractivity contribution in [2.45, 2.75) is 44.6 Å². The molecule has 0 unspecified atom stereocenters. The van der Waals surface area contributed by atoms with Crippen LogP contribution in [-0.2, 0) is 19.3 Å². The van der Waals surface area contributed by atoms with Gasteiger partial charge in [-0.3, -0.25) is 9.36 Å². The van der Waals surface area contributed by atoms with Crippen LogP contribution in [0.5, 0.6) is 5.75 Å². The van der Waals surface area contributed by atoms with E-state index in [4.69, 9.17) is 9.72 Å². The van der Waals surface area contributed by atoms with Gasteiger partial charge in [0.05, 0.1) is 12.5 Å².